The molecule has 2 aliphatic heterocycles. The molecule has 2 heterocycles. The molecule has 2 N–H and O–H groups in total. The summed E-state index contributed by atoms with van der Waals surface area (Å²) in [7, 11) is 0. The van der Waals surface area contributed by atoms with Crippen molar-refractivity contribution in [3.8, 4) is 0 Å². The standard InChI is InChI=1S/C26H32ClN3O3/c27-22-6-4-5-20(17-22)25(31)28-23-18-21(26(32)33)7-8-24(23)30-15-10-19(11-16-30)9-14-29-12-2-1-3-13-29/h4-8,17-19H,1-3,9-16H2,(H,28,31)(H,32,33). The van der Waals surface area contributed by atoms with Gasteiger partial charge in [-0.15, -0.1) is 0 Å². The number of benzene rings is 2. The summed E-state index contributed by atoms with van der Waals surface area (Å²) in [5.74, 6) is -0.611. The molecule has 0 aliphatic carbocycles. The summed E-state index contributed by atoms with van der Waals surface area (Å²) in [6.07, 6.45) is 7.48. The molecule has 6 nitrogen and oxygen atoms in total. The van der Waals surface area contributed by atoms with Crippen LogP contribution in [0.5, 0.6) is 0 Å². The minimum absolute atomic E-state index is 0.150. The number of hydrogen-bond acceptors (Lipinski definition) is 4. The van der Waals surface area contributed by atoms with Gasteiger partial charge in [0.05, 0.1) is 16.9 Å². The van der Waals surface area contributed by atoms with Crippen LogP contribution in [-0.4, -0.2) is 54.6 Å². The normalized spacial score (nSPS) is 17.7. The molecule has 2 aliphatic rings. The van der Waals surface area contributed by atoms with E-state index in [1.54, 1.807) is 36.4 Å². The van der Waals surface area contributed by atoms with Crippen LogP contribution in [0.1, 0.15) is 59.2 Å². The molecule has 0 saturated carbocycles. The van der Waals surface area contributed by atoms with Crippen LogP contribution in [0.2, 0.25) is 5.02 Å². The maximum absolute atomic E-state index is 12.8. The molecule has 2 aromatic carbocycles. The van der Waals surface area contributed by atoms with Gasteiger partial charge in [-0.2, -0.15) is 0 Å². The number of amides is 1. The number of carboxylic acids is 1. The van der Waals surface area contributed by atoms with Gasteiger partial charge >= 0.3 is 5.97 Å². The number of piperidine rings is 2. The average Bonchev–Trinajstić information content (AvgIpc) is 2.83. The number of hydrogen-bond donors (Lipinski definition) is 2. The summed E-state index contributed by atoms with van der Waals surface area (Å²) in [4.78, 5) is 29.2. The van der Waals surface area contributed by atoms with Crippen LogP contribution < -0.4 is 10.2 Å². The Morgan fingerprint density at radius 2 is 1.73 bits per heavy atom. The minimum atomic E-state index is -1.02. The lowest BCUT2D eigenvalue weighted by Gasteiger charge is -2.36. The van der Waals surface area contributed by atoms with Crippen LogP contribution in [-0.2, 0) is 0 Å². The first-order valence-corrected chi connectivity index (χ1v) is 12.3. The van der Waals surface area contributed by atoms with Gasteiger partial charge in [-0.1, -0.05) is 24.1 Å². The fourth-order valence-electron chi connectivity index (χ4n) is 4.88. The third-order valence-corrected chi connectivity index (χ3v) is 7.07. The fourth-order valence-corrected chi connectivity index (χ4v) is 5.07. The summed E-state index contributed by atoms with van der Waals surface area (Å²) in [6.45, 7) is 5.47. The molecule has 0 atom stereocenters. The fraction of sp³-hybridized carbons (Fsp3) is 0.462. The molecule has 0 radical (unpaired) electrons. The zero-order chi connectivity index (χ0) is 23.2. The highest BCUT2D eigenvalue weighted by Gasteiger charge is 2.23. The largest absolute Gasteiger partial charge is 0.478 e. The monoisotopic (exact) mass is 469 g/mol. The average molecular weight is 470 g/mol. The molecular formula is C26H32ClN3O3. The van der Waals surface area contributed by atoms with Crippen LogP contribution in [0.15, 0.2) is 42.5 Å². The number of carbonyl (C=O) groups excluding carboxylic acids is 1. The predicted octanol–water partition coefficient (Wildman–Crippen LogP) is 5.38. The highest BCUT2D eigenvalue weighted by Crippen LogP contribution is 2.32. The number of likely N-dealkylation sites (tertiary alicyclic amines) is 1. The first-order valence-electron chi connectivity index (χ1n) is 11.9. The smallest absolute Gasteiger partial charge is 0.335 e. The molecule has 0 bridgehead atoms. The Kier molecular flexibility index (Phi) is 7.89. The molecule has 0 aromatic heterocycles. The van der Waals surface area contributed by atoms with Crippen molar-refractivity contribution in [2.24, 2.45) is 5.92 Å². The number of rotatable bonds is 7. The van der Waals surface area contributed by atoms with Crippen molar-refractivity contribution >= 4 is 34.9 Å². The minimum Gasteiger partial charge on any atom is -0.478 e. The second-order valence-corrected chi connectivity index (χ2v) is 9.56. The zero-order valence-corrected chi connectivity index (χ0v) is 19.7. The number of carbonyl (C=O) groups is 2. The first-order chi connectivity index (χ1) is 16.0. The zero-order valence-electron chi connectivity index (χ0n) is 18.9. The van der Waals surface area contributed by atoms with Crippen molar-refractivity contribution in [3.05, 3.63) is 58.6 Å². The number of aromatic carboxylic acids is 1. The van der Waals surface area contributed by atoms with E-state index in [1.807, 2.05) is 6.07 Å². The van der Waals surface area contributed by atoms with Gasteiger partial charge in [0.1, 0.15) is 0 Å². The SMILES string of the molecule is O=C(O)c1ccc(N2CCC(CCN3CCCCC3)CC2)c(NC(=O)c2cccc(Cl)c2)c1. The van der Waals surface area contributed by atoms with E-state index < -0.39 is 5.97 Å². The maximum atomic E-state index is 12.8. The lowest BCUT2D eigenvalue weighted by molar-refractivity contribution is 0.0696. The summed E-state index contributed by atoms with van der Waals surface area (Å²) in [5, 5.41) is 12.8. The van der Waals surface area contributed by atoms with Gasteiger partial charge in [-0.05, 0) is 94.1 Å². The van der Waals surface area contributed by atoms with Crippen molar-refractivity contribution in [1.82, 2.24) is 4.90 Å². The third kappa shape index (κ3) is 6.27. The van der Waals surface area contributed by atoms with Gasteiger partial charge in [-0.25, -0.2) is 4.79 Å². The van der Waals surface area contributed by atoms with E-state index >= 15 is 0 Å². The van der Waals surface area contributed by atoms with Crippen LogP contribution >= 0.6 is 11.6 Å². The van der Waals surface area contributed by atoms with Crippen LogP contribution in [0, 0.1) is 5.92 Å². The molecule has 0 spiro atoms. The summed E-state index contributed by atoms with van der Waals surface area (Å²) in [6, 6.07) is 11.7. The number of anilines is 2. The molecule has 0 unspecified atom stereocenters. The van der Waals surface area contributed by atoms with Gasteiger partial charge in [0.25, 0.3) is 5.91 Å². The maximum Gasteiger partial charge on any atom is 0.335 e. The van der Waals surface area contributed by atoms with Gasteiger partial charge < -0.3 is 20.2 Å². The Morgan fingerprint density at radius 3 is 2.42 bits per heavy atom. The Morgan fingerprint density at radius 1 is 0.970 bits per heavy atom. The number of halogens is 1. The van der Waals surface area contributed by atoms with Crippen LogP contribution in [0.4, 0.5) is 11.4 Å². The highest BCUT2D eigenvalue weighted by atomic mass is 35.5. The second-order valence-electron chi connectivity index (χ2n) is 9.12. The van der Waals surface area contributed by atoms with Gasteiger partial charge in [0.2, 0.25) is 0 Å². The quantitative estimate of drug-likeness (QED) is 0.569. The molecule has 7 heteroatoms. The molecule has 33 heavy (non-hydrogen) atoms. The van der Waals surface area contributed by atoms with Gasteiger partial charge in [0.15, 0.2) is 0 Å². The van der Waals surface area contributed by atoms with Crippen molar-refractivity contribution in [3.63, 3.8) is 0 Å². The molecule has 176 valence electrons. The molecular weight excluding hydrogens is 438 g/mol. The third-order valence-electron chi connectivity index (χ3n) is 6.84. The topological polar surface area (TPSA) is 72.9 Å². The molecule has 2 fully saturated rings. The van der Waals surface area contributed by atoms with E-state index in [0.29, 0.717) is 22.2 Å². The summed E-state index contributed by atoms with van der Waals surface area (Å²) < 4.78 is 0. The van der Waals surface area contributed by atoms with E-state index in [1.165, 1.54) is 45.3 Å². The number of nitrogens with one attached hydrogen (secondary N) is 1. The molecule has 4 rings (SSSR count). The lowest BCUT2D eigenvalue weighted by atomic mass is 9.92. The Labute approximate surface area is 200 Å². The second kappa shape index (κ2) is 11.0. The summed E-state index contributed by atoms with van der Waals surface area (Å²) >= 11 is 6.03. The highest BCUT2D eigenvalue weighted by molar-refractivity contribution is 6.31. The van der Waals surface area contributed by atoms with Crippen LogP contribution in [0.25, 0.3) is 0 Å². The van der Waals surface area contributed by atoms with Gasteiger partial charge in [-0.3, -0.25) is 4.79 Å². The molecule has 1 amide bonds. The van der Waals surface area contributed by atoms with Crippen molar-refractivity contribution in [1.29, 1.82) is 0 Å². The number of nitrogens with zero attached hydrogens (tertiary/aromatic N) is 2. The Hall–Kier alpha value is -2.57. The van der Waals surface area contributed by atoms with E-state index in [-0.39, 0.29) is 11.5 Å². The van der Waals surface area contributed by atoms with Crippen LogP contribution in [0.3, 0.4) is 0 Å². The van der Waals surface area contributed by atoms with E-state index in [9.17, 15) is 14.7 Å². The van der Waals surface area contributed by atoms with E-state index in [4.69, 9.17) is 11.6 Å². The van der Waals surface area contributed by atoms with Crippen molar-refractivity contribution in [2.75, 3.05) is 42.9 Å². The Bertz CT molecular complexity index is 982. The van der Waals surface area contributed by atoms with E-state index in [0.717, 1.165) is 31.6 Å². The summed E-state index contributed by atoms with van der Waals surface area (Å²) in [5.41, 5.74) is 1.97. The van der Waals surface area contributed by atoms with Gasteiger partial charge in [0, 0.05) is 23.7 Å². The first kappa shape index (κ1) is 23.6. The molecule has 2 saturated heterocycles. The molecule has 2 aromatic rings. The van der Waals surface area contributed by atoms with Crippen molar-refractivity contribution < 1.29 is 14.7 Å². The van der Waals surface area contributed by atoms with E-state index in [2.05, 4.69) is 15.1 Å². The van der Waals surface area contributed by atoms with Crippen molar-refractivity contribution in [2.45, 2.75) is 38.5 Å². The Balaban J connectivity index is 1.42. The lowest BCUT2D eigenvalue weighted by Crippen LogP contribution is -2.36. The predicted molar refractivity (Wildman–Crippen MR) is 133 cm³/mol. The number of carboxylic acid groups (broad SMARTS) is 1.